The van der Waals surface area contributed by atoms with Crippen LogP contribution in [0.15, 0.2) is 95.0 Å². The van der Waals surface area contributed by atoms with Crippen molar-refractivity contribution in [1.82, 2.24) is 19.5 Å². The molecular weight excluding hydrogens is 510 g/mol. The number of aromatic nitrogens is 4. The number of sulfone groups is 1. The van der Waals surface area contributed by atoms with Crippen molar-refractivity contribution in [1.29, 1.82) is 0 Å². The second-order valence-electron chi connectivity index (χ2n) is 8.53. The van der Waals surface area contributed by atoms with Crippen LogP contribution in [0.3, 0.4) is 0 Å². The zero-order valence-corrected chi connectivity index (χ0v) is 21.5. The number of nitrogens with zero attached hydrogens (tertiary/aromatic N) is 4. The molecule has 2 aromatic heterocycles. The lowest BCUT2D eigenvalue weighted by molar-refractivity contribution is 0.602. The van der Waals surface area contributed by atoms with E-state index >= 15 is 0 Å². The summed E-state index contributed by atoms with van der Waals surface area (Å²) in [6, 6.07) is 20.5. The van der Waals surface area contributed by atoms with E-state index in [1.54, 1.807) is 48.7 Å². The van der Waals surface area contributed by atoms with Gasteiger partial charge in [0.05, 0.1) is 32.6 Å². The molecule has 1 N–H and O–H groups in total. The van der Waals surface area contributed by atoms with Gasteiger partial charge in [-0.1, -0.05) is 48.0 Å². The average molecular weight is 532 g/mol. The lowest BCUT2D eigenvalue weighted by Crippen LogP contribution is -2.27. The van der Waals surface area contributed by atoms with Crippen molar-refractivity contribution in [2.24, 2.45) is 0 Å². The van der Waals surface area contributed by atoms with E-state index in [0.29, 0.717) is 44.4 Å². The van der Waals surface area contributed by atoms with Crippen LogP contribution in [0.5, 0.6) is 0 Å². The summed E-state index contributed by atoms with van der Waals surface area (Å²) >= 11 is 6.39. The minimum absolute atomic E-state index is 0.193. The molecule has 0 saturated carbocycles. The van der Waals surface area contributed by atoms with Crippen LogP contribution in [-0.4, -0.2) is 34.2 Å². The molecule has 10 heteroatoms. The van der Waals surface area contributed by atoms with E-state index in [-0.39, 0.29) is 10.5 Å². The Morgan fingerprint density at radius 2 is 1.76 bits per heavy atom. The van der Waals surface area contributed by atoms with E-state index < -0.39 is 15.9 Å². The van der Waals surface area contributed by atoms with Gasteiger partial charge in [-0.25, -0.2) is 23.4 Å². The summed E-state index contributed by atoms with van der Waals surface area (Å²) in [6.45, 7) is 1.87. The maximum absolute atomic E-state index is 13.7. The number of anilines is 1. The van der Waals surface area contributed by atoms with Gasteiger partial charge >= 0.3 is 0 Å². The maximum atomic E-state index is 13.7. The largest absolute Gasteiger partial charge is 0.360 e. The van der Waals surface area contributed by atoms with E-state index in [9.17, 15) is 13.2 Å². The van der Waals surface area contributed by atoms with Crippen LogP contribution >= 0.6 is 11.6 Å². The van der Waals surface area contributed by atoms with Crippen molar-refractivity contribution in [3.8, 4) is 16.8 Å². The van der Waals surface area contributed by atoms with Crippen molar-refractivity contribution in [2.75, 3.05) is 11.6 Å². The van der Waals surface area contributed by atoms with Gasteiger partial charge in [-0.2, -0.15) is 0 Å². The molecule has 0 aliphatic rings. The first-order valence-electron chi connectivity index (χ1n) is 11.4. The predicted molar refractivity (Wildman–Crippen MR) is 145 cm³/mol. The van der Waals surface area contributed by atoms with Crippen LogP contribution in [0.2, 0.25) is 5.02 Å². The first kappa shape index (κ1) is 24.6. The fraction of sp³-hybridized carbons (Fsp3) is 0.111. The smallest absolute Gasteiger partial charge is 0.267 e. The average Bonchev–Trinajstić information content (AvgIpc) is 2.89. The van der Waals surface area contributed by atoms with E-state index in [4.69, 9.17) is 16.6 Å². The number of nitrogens with one attached hydrogen (secondary N) is 1. The van der Waals surface area contributed by atoms with Gasteiger partial charge in [-0.3, -0.25) is 9.36 Å². The van der Waals surface area contributed by atoms with Crippen LogP contribution in [0.4, 0.5) is 5.82 Å². The third-order valence-corrected chi connectivity index (χ3v) is 7.34. The van der Waals surface area contributed by atoms with E-state index in [1.807, 2.05) is 37.3 Å². The summed E-state index contributed by atoms with van der Waals surface area (Å²) in [4.78, 5) is 27.2. The van der Waals surface area contributed by atoms with Crippen LogP contribution in [0, 0.1) is 0 Å². The van der Waals surface area contributed by atoms with Crippen LogP contribution in [0.25, 0.3) is 27.7 Å². The predicted octanol–water partition coefficient (Wildman–Crippen LogP) is 5.07. The summed E-state index contributed by atoms with van der Waals surface area (Å²) in [5, 5.41) is 4.01. The fourth-order valence-electron chi connectivity index (χ4n) is 4.14. The summed E-state index contributed by atoms with van der Waals surface area (Å²) < 4.78 is 25.7. The molecule has 0 spiro atoms. The van der Waals surface area contributed by atoms with Gasteiger partial charge in [-0.15, -0.1) is 0 Å². The molecule has 0 radical (unpaired) electrons. The molecule has 5 aromatic rings. The first-order valence-corrected chi connectivity index (χ1v) is 13.6. The van der Waals surface area contributed by atoms with Gasteiger partial charge in [0.2, 0.25) is 0 Å². The van der Waals surface area contributed by atoms with Gasteiger partial charge < -0.3 is 5.32 Å². The molecule has 3 aromatic carbocycles. The minimum atomic E-state index is -3.40. The van der Waals surface area contributed by atoms with E-state index in [1.165, 1.54) is 10.9 Å². The SMILES string of the molecule is C[C@H](Nc1ncncc1-c1cccc(S(C)(=O)=O)c1)c1nc2cccc(Cl)c2c(=O)n1-c1ccccc1. The molecule has 0 bridgehead atoms. The quantitative estimate of drug-likeness (QED) is 0.326. The molecule has 2 heterocycles. The standard InChI is InChI=1S/C27H22ClN5O3S/c1-17(31-25-21(15-29-16-30-25)18-8-6-11-20(14-18)37(2,35)36)26-32-23-13-7-12-22(28)24(23)27(34)33(26)19-9-4-3-5-10-19/h3-17H,1-2H3,(H,29,30,31)/t17-/m0/s1. The number of hydrogen-bond donors (Lipinski definition) is 1. The molecule has 0 amide bonds. The van der Waals surface area contributed by atoms with E-state index in [0.717, 1.165) is 6.26 Å². The Bertz CT molecular complexity index is 1790. The van der Waals surface area contributed by atoms with Gasteiger partial charge in [0.1, 0.15) is 18.0 Å². The van der Waals surface area contributed by atoms with Crippen molar-refractivity contribution >= 4 is 38.2 Å². The van der Waals surface area contributed by atoms with Crippen LogP contribution in [0.1, 0.15) is 18.8 Å². The number of benzene rings is 3. The molecule has 8 nitrogen and oxygen atoms in total. The van der Waals surface area contributed by atoms with E-state index in [2.05, 4.69) is 15.3 Å². The second-order valence-corrected chi connectivity index (χ2v) is 11.0. The molecule has 0 aliphatic heterocycles. The highest BCUT2D eigenvalue weighted by molar-refractivity contribution is 7.90. The molecule has 0 aliphatic carbocycles. The molecule has 0 saturated heterocycles. The second kappa shape index (κ2) is 9.76. The monoisotopic (exact) mass is 531 g/mol. The first-order chi connectivity index (χ1) is 17.7. The Labute approximate surface area is 218 Å². The van der Waals surface area contributed by atoms with Gasteiger partial charge in [0.25, 0.3) is 5.56 Å². The Hall–Kier alpha value is -4.08. The van der Waals surface area contributed by atoms with Crippen molar-refractivity contribution in [3.05, 3.63) is 107 Å². The number of hydrogen-bond acceptors (Lipinski definition) is 7. The molecule has 186 valence electrons. The third-order valence-electron chi connectivity index (χ3n) is 5.91. The van der Waals surface area contributed by atoms with Crippen LogP contribution < -0.4 is 10.9 Å². The highest BCUT2D eigenvalue weighted by Gasteiger charge is 2.21. The highest BCUT2D eigenvalue weighted by Crippen LogP contribution is 2.30. The zero-order chi connectivity index (χ0) is 26.2. The fourth-order valence-corrected chi connectivity index (χ4v) is 5.06. The third kappa shape index (κ3) is 4.83. The Morgan fingerprint density at radius 3 is 2.51 bits per heavy atom. The Kier molecular flexibility index (Phi) is 6.49. The van der Waals surface area contributed by atoms with Crippen LogP contribution in [-0.2, 0) is 9.84 Å². The Balaban J connectivity index is 1.64. The summed E-state index contributed by atoms with van der Waals surface area (Å²) in [6.07, 6.45) is 4.17. The number of halogens is 1. The topological polar surface area (TPSA) is 107 Å². The molecule has 5 rings (SSSR count). The summed E-state index contributed by atoms with van der Waals surface area (Å²) in [7, 11) is -3.40. The van der Waals surface area contributed by atoms with Crippen molar-refractivity contribution in [3.63, 3.8) is 0 Å². The van der Waals surface area contributed by atoms with Gasteiger partial charge in [0.15, 0.2) is 9.84 Å². The lowest BCUT2D eigenvalue weighted by Gasteiger charge is -2.21. The molecule has 0 unspecified atom stereocenters. The summed E-state index contributed by atoms with van der Waals surface area (Å²) in [5.74, 6) is 0.925. The maximum Gasteiger partial charge on any atom is 0.267 e. The summed E-state index contributed by atoms with van der Waals surface area (Å²) in [5.41, 5.74) is 2.09. The zero-order valence-electron chi connectivity index (χ0n) is 20.0. The van der Waals surface area contributed by atoms with Gasteiger partial charge in [0, 0.05) is 18.0 Å². The number of para-hydroxylation sites is 1. The van der Waals surface area contributed by atoms with Crippen molar-refractivity contribution in [2.45, 2.75) is 17.9 Å². The Morgan fingerprint density at radius 1 is 1.00 bits per heavy atom. The molecular formula is C27H22ClN5O3S. The number of rotatable bonds is 6. The van der Waals surface area contributed by atoms with Crippen molar-refractivity contribution < 1.29 is 8.42 Å². The number of fused-ring (bicyclic) bond motifs is 1. The van der Waals surface area contributed by atoms with Gasteiger partial charge in [-0.05, 0) is 48.9 Å². The molecule has 37 heavy (non-hydrogen) atoms. The minimum Gasteiger partial charge on any atom is -0.360 e. The molecule has 1 atom stereocenters. The lowest BCUT2D eigenvalue weighted by atomic mass is 10.1. The normalized spacial score (nSPS) is 12.4. The molecule has 0 fully saturated rings. The highest BCUT2D eigenvalue weighted by atomic mass is 35.5.